The molecule has 6 nitrogen and oxygen atoms in total. The van der Waals surface area contributed by atoms with Gasteiger partial charge in [-0.2, -0.15) is 0 Å². The van der Waals surface area contributed by atoms with E-state index in [-0.39, 0.29) is 56.5 Å². The summed E-state index contributed by atoms with van der Waals surface area (Å²) in [6.07, 6.45) is 0.174. The first-order chi connectivity index (χ1) is 14.8. The molecule has 31 heavy (non-hydrogen) atoms. The number of carbonyl (C=O) groups is 3. The number of hydrogen-bond donors (Lipinski definition) is 0. The first kappa shape index (κ1) is 20.9. The summed E-state index contributed by atoms with van der Waals surface area (Å²) in [6.45, 7) is 0.296. The van der Waals surface area contributed by atoms with Gasteiger partial charge in [-0.1, -0.05) is 12.1 Å². The maximum absolute atomic E-state index is 14.0. The Morgan fingerprint density at radius 2 is 1.74 bits per heavy atom. The lowest BCUT2D eigenvalue weighted by Crippen LogP contribution is -2.59. The van der Waals surface area contributed by atoms with Crippen molar-refractivity contribution in [1.29, 1.82) is 0 Å². The van der Waals surface area contributed by atoms with Gasteiger partial charge in [0.25, 0.3) is 5.91 Å². The van der Waals surface area contributed by atoms with Crippen molar-refractivity contribution in [3.05, 3.63) is 71.0 Å². The van der Waals surface area contributed by atoms with Gasteiger partial charge >= 0.3 is 0 Å². The summed E-state index contributed by atoms with van der Waals surface area (Å²) in [5, 5.41) is 0. The Hall–Kier alpha value is -3.36. The van der Waals surface area contributed by atoms with E-state index < -0.39 is 29.4 Å². The van der Waals surface area contributed by atoms with Crippen LogP contribution in [0.25, 0.3) is 0 Å². The van der Waals surface area contributed by atoms with Gasteiger partial charge in [-0.15, -0.1) is 0 Å². The first-order valence-electron chi connectivity index (χ1n) is 9.90. The number of piperazine rings is 1. The SMILES string of the molecule is O=C(c1cc(F)ccc1F)N1CCC2C(=O)N(Cc3cccc(F)c3)CC(=O)N2CC1. The van der Waals surface area contributed by atoms with Crippen molar-refractivity contribution in [2.24, 2.45) is 0 Å². The molecule has 9 heteroatoms. The molecule has 2 heterocycles. The van der Waals surface area contributed by atoms with Crippen LogP contribution >= 0.6 is 0 Å². The molecule has 2 fully saturated rings. The fourth-order valence-electron chi connectivity index (χ4n) is 4.05. The molecule has 162 valence electrons. The van der Waals surface area contributed by atoms with Crippen LogP contribution < -0.4 is 0 Å². The molecule has 0 N–H and O–H groups in total. The maximum atomic E-state index is 14.0. The summed E-state index contributed by atoms with van der Waals surface area (Å²) in [6, 6.07) is 7.72. The molecule has 0 spiro atoms. The van der Waals surface area contributed by atoms with Crippen LogP contribution in [0.4, 0.5) is 13.2 Å². The van der Waals surface area contributed by atoms with Gasteiger partial charge in [0.2, 0.25) is 11.8 Å². The molecule has 0 radical (unpaired) electrons. The quantitative estimate of drug-likeness (QED) is 0.749. The third-order valence-electron chi connectivity index (χ3n) is 5.61. The summed E-state index contributed by atoms with van der Waals surface area (Å²) in [5.41, 5.74) is 0.187. The van der Waals surface area contributed by atoms with E-state index in [2.05, 4.69) is 0 Å². The Labute approximate surface area is 176 Å². The highest BCUT2D eigenvalue weighted by Gasteiger charge is 2.41. The maximum Gasteiger partial charge on any atom is 0.256 e. The topological polar surface area (TPSA) is 60.9 Å². The monoisotopic (exact) mass is 431 g/mol. The highest BCUT2D eigenvalue weighted by atomic mass is 19.1. The lowest BCUT2D eigenvalue weighted by Gasteiger charge is -2.39. The molecule has 0 saturated carbocycles. The molecular weight excluding hydrogens is 411 g/mol. The van der Waals surface area contributed by atoms with Crippen molar-refractivity contribution in [2.45, 2.75) is 19.0 Å². The number of halogens is 3. The van der Waals surface area contributed by atoms with E-state index in [1.807, 2.05) is 0 Å². The predicted octanol–water partition coefficient (Wildman–Crippen LogP) is 2.19. The van der Waals surface area contributed by atoms with E-state index >= 15 is 0 Å². The third kappa shape index (κ3) is 4.26. The molecule has 2 saturated heterocycles. The van der Waals surface area contributed by atoms with Gasteiger partial charge in [-0.25, -0.2) is 13.2 Å². The lowest BCUT2D eigenvalue weighted by molar-refractivity contribution is -0.156. The second-order valence-electron chi connectivity index (χ2n) is 7.63. The van der Waals surface area contributed by atoms with Crippen molar-refractivity contribution in [1.82, 2.24) is 14.7 Å². The zero-order valence-electron chi connectivity index (χ0n) is 16.6. The fourth-order valence-corrected chi connectivity index (χ4v) is 4.05. The molecular formula is C22H20F3N3O3. The minimum atomic E-state index is -0.832. The molecule has 0 aliphatic carbocycles. The minimum Gasteiger partial charge on any atom is -0.337 e. The smallest absolute Gasteiger partial charge is 0.256 e. The number of fused-ring (bicyclic) bond motifs is 1. The van der Waals surface area contributed by atoms with Crippen LogP contribution in [-0.2, 0) is 16.1 Å². The third-order valence-corrected chi connectivity index (χ3v) is 5.61. The van der Waals surface area contributed by atoms with E-state index in [0.717, 1.165) is 18.2 Å². The summed E-state index contributed by atoms with van der Waals surface area (Å²) < 4.78 is 41.0. The zero-order chi connectivity index (χ0) is 22.1. The number of hydrogen-bond acceptors (Lipinski definition) is 3. The molecule has 2 aromatic rings. The van der Waals surface area contributed by atoms with Crippen LogP contribution in [0.2, 0.25) is 0 Å². The van der Waals surface area contributed by atoms with Crippen LogP contribution in [0.1, 0.15) is 22.3 Å². The Balaban J connectivity index is 1.49. The second-order valence-corrected chi connectivity index (χ2v) is 7.63. The molecule has 4 rings (SSSR count). The molecule has 3 amide bonds. The van der Waals surface area contributed by atoms with Gasteiger partial charge in [0.05, 0.1) is 5.56 Å². The van der Waals surface area contributed by atoms with Crippen molar-refractivity contribution < 1.29 is 27.6 Å². The highest BCUT2D eigenvalue weighted by molar-refractivity contribution is 5.96. The largest absolute Gasteiger partial charge is 0.337 e. The van der Waals surface area contributed by atoms with Gasteiger partial charge in [-0.05, 0) is 42.3 Å². The van der Waals surface area contributed by atoms with Crippen LogP contribution in [-0.4, -0.2) is 64.6 Å². The average Bonchev–Trinajstić information content (AvgIpc) is 2.97. The number of carbonyl (C=O) groups excluding carboxylic acids is 3. The second kappa shape index (κ2) is 8.41. The minimum absolute atomic E-state index is 0.101. The van der Waals surface area contributed by atoms with E-state index in [4.69, 9.17) is 0 Å². The zero-order valence-corrected chi connectivity index (χ0v) is 16.6. The Morgan fingerprint density at radius 3 is 2.52 bits per heavy atom. The van der Waals surface area contributed by atoms with Gasteiger partial charge in [0.15, 0.2) is 0 Å². The molecule has 2 aliphatic heterocycles. The number of rotatable bonds is 3. The highest BCUT2D eigenvalue weighted by Crippen LogP contribution is 2.22. The van der Waals surface area contributed by atoms with Crippen molar-refractivity contribution in [3.63, 3.8) is 0 Å². The van der Waals surface area contributed by atoms with Crippen LogP contribution in [0.5, 0.6) is 0 Å². The molecule has 1 unspecified atom stereocenters. The van der Waals surface area contributed by atoms with E-state index in [9.17, 15) is 27.6 Å². The summed E-state index contributed by atoms with van der Waals surface area (Å²) in [4.78, 5) is 42.6. The molecule has 0 bridgehead atoms. The Morgan fingerprint density at radius 1 is 0.968 bits per heavy atom. The van der Waals surface area contributed by atoms with E-state index in [0.29, 0.717) is 5.56 Å². The first-order valence-corrected chi connectivity index (χ1v) is 9.90. The van der Waals surface area contributed by atoms with Crippen molar-refractivity contribution in [2.75, 3.05) is 26.2 Å². The standard InChI is InChI=1S/C22H20F3N3O3/c23-15-3-1-2-14(10-15)12-27-13-20(29)28-9-8-26(7-6-19(28)22(27)31)21(30)17-11-16(24)4-5-18(17)25/h1-5,10-11,19H,6-9,12-13H2. The molecule has 2 aliphatic rings. The Bertz CT molecular complexity index is 1050. The van der Waals surface area contributed by atoms with Gasteiger partial charge in [0, 0.05) is 26.2 Å². The number of nitrogens with zero attached hydrogens (tertiary/aromatic N) is 3. The molecule has 2 aromatic carbocycles. The van der Waals surface area contributed by atoms with E-state index in [1.165, 1.54) is 32.9 Å². The average molecular weight is 431 g/mol. The van der Waals surface area contributed by atoms with Crippen LogP contribution in [0, 0.1) is 17.5 Å². The van der Waals surface area contributed by atoms with Gasteiger partial charge < -0.3 is 14.7 Å². The van der Waals surface area contributed by atoms with Crippen LogP contribution in [0.15, 0.2) is 42.5 Å². The fraction of sp³-hybridized carbons (Fsp3) is 0.318. The normalized spacial score (nSPS) is 19.3. The summed E-state index contributed by atoms with van der Waals surface area (Å²) >= 11 is 0. The Kier molecular flexibility index (Phi) is 5.67. The number of benzene rings is 2. The van der Waals surface area contributed by atoms with Gasteiger partial charge in [-0.3, -0.25) is 14.4 Å². The number of amides is 3. The predicted molar refractivity (Wildman–Crippen MR) is 104 cm³/mol. The van der Waals surface area contributed by atoms with Crippen LogP contribution in [0.3, 0.4) is 0 Å². The molecule has 0 aromatic heterocycles. The summed E-state index contributed by atoms with van der Waals surface area (Å²) in [5.74, 6) is -3.23. The molecule has 1 atom stereocenters. The van der Waals surface area contributed by atoms with Gasteiger partial charge in [0.1, 0.15) is 30.0 Å². The summed E-state index contributed by atoms with van der Waals surface area (Å²) in [7, 11) is 0. The lowest BCUT2D eigenvalue weighted by atomic mass is 10.1. The van der Waals surface area contributed by atoms with Crippen molar-refractivity contribution >= 4 is 17.7 Å². The van der Waals surface area contributed by atoms with E-state index in [1.54, 1.807) is 6.07 Å². The van der Waals surface area contributed by atoms with Crippen molar-refractivity contribution in [3.8, 4) is 0 Å².